The summed E-state index contributed by atoms with van der Waals surface area (Å²) in [6.45, 7) is 6.99. The first-order valence-electron chi connectivity index (χ1n) is 7.79. The van der Waals surface area contributed by atoms with E-state index in [1.165, 1.54) is 19.3 Å². The average molecular weight is 281 g/mol. The van der Waals surface area contributed by atoms with Crippen molar-refractivity contribution in [2.75, 3.05) is 20.3 Å². The smallest absolute Gasteiger partial charge is 0.240 e. The normalized spacial score (nSPS) is 23.6. The number of hydrogen-bond acceptors (Lipinski definition) is 5. The SMILES string of the molecule is CCCc1noc(CN2CCCC2(CCC)COC)n1. The van der Waals surface area contributed by atoms with Gasteiger partial charge in [0, 0.05) is 19.1 Å². The topological polar surface area (TPSA) is 51.4 Å². The van der Waals surface area contributed by atoms with Gasteiger partial charge in [-0.05, 0) is 32.2 Å². The van der Waals surface area contributed by atoms with Gasteiger partial charge in [-0.1, -0.05) is 25.4 Å². The van der Waals surface area contributed by atoms with Crippen LogP contribution in [0.1, 0.15) is 57.7 Å². The van der Waals surface area contributed by atoms with Crippen LogP contribution in [0.15, 0.2) is 4.52 Å². The van der Waals surface area contributed by atoms with Crippen LogP contribution < -0.4 is 0 Å². The molecule has 0 aliphatic carbocycles. The molecule has 0 N–H and O–H groups in total. The molecular formula is C15H27N3O2. The van der Waals surface area contributed by atoms with E-state index in [0.29, 0.717) is 0 Å². The maximum atomic E-state index is 5.49. The van der Waals surface area contributed by atoms with E-state index in [4.69, 9.17) is 9.26 Å². The van der Waals surface area contributed by atoms with E-state index >= 15 is 0 Å². The molecule has 0 saturated carbocycles. The minimum absolute atomic E-state index is 0.156. The van der Waals surface area contributed by atoms with Gasteiger partial charge in [-0.2, -0.15) is 4.98 Å². The van der Waals surface area contributed by atoms with Gasteiger partial charge in [0.1, 0.15) is 0 Å². The minimum atomic E-state index is 0.156. The Morgan fingerprint density at radius 3 is 2.90 bits per heavy atom. The van der Waals surface area contributed by atoms with Crippen molar-refractivity contribution in [1.82, 2.24) is 15.0 Å². The molecule has 1 atom stereocenters. The van der Waals surface area contributed by atoms with Crippen LogP contribution in [0.3, 0.4) is 0 Å². The number of methoxy groups -OCH3 is 1. The van der Waals surface area contributed by atoms with Crippen molar-refractivity contribution >= 4 is 0 Å². The van der Waals surface area contributed by atoms with Crippen LogP contribution in [-0.4, -0.2) is 40.8 Å². The molecule has 20 heavy (non-hydrogen) atoms. The number of aromatic nitrogens is 2. The Morgan fingerprint density at radius 1 is 1.35 bits per heavy atom. The zero-order valence-corrected chi connectivity index (χ0v) is 13.0. The predicted octanol–water partition coefficient (Wildman–Crippen LogP) is 2.80. The molecule has 1 saturated heterocycles. The van der Waals surface area contributed by atoms with Gasteiger partial charge in [-0.15, -0.1) is 0 Å². The molecule has 1 unspecified atom stereocenters. The first-order chi connectivity index (χ1) is 9.74. The summed E-state index contributed by atoms with van der Waals surface area (Å²) in [6.07, 6.45) is 6.69. The van der Waals surface area contributed by atoms with Crippen LogP contribution in [0.25, 0.3) is 0 Å². The summed E-state index contributed by atoms with van der Waals surface area (Å²) >= 11 is 0. The Labute approximate surface area is 121 Å². The second-order valence-electron chi connectivity index (χ2n) is 5.79. The van der Waals surface area contributed by atoms with Crippen LogP contribution in [0.5, 0.6) is 0 Å². The van der Waals surface area contributed by atoms with Crippen LogP contribution in [0, 0.1) is 0 Å². The standard InChI is InChI=1S/C15H27N3O2/c1-4-7-13-16-14(20-17-13)11-18-10-6-9-15(18,8-5-2)12-19-3/h4-12H2,1-3H3. The second-order valence-corrected chi connectivity index (χ2v) is 5.79. The summed E-state index contributed by atoms with van der Waals surface area (Å²) in [5.41, 5.74) is 0.156. The van der Waals surface area contributed by atoms with Gasteiger partial charge >= 0.3 is 0 Å². The second kappa shape index (κ2) is 7.18. The fraction of sp³-hybridized carbons (Fsp3) is 0.867. The Hall–Kier alpha value is -0.940. The first kappa shape index (κ1) is 15.4. The van der Waals surface area contributed by atoms with Crippen LogP contribution in [-0.2, 0) is 17.7 Å². The molecule has 5 nitrogen and oxygen atoms in total. The van der Waals surface area contributed by atoms with Crippen LogP contribution >= 0.6 is 0 Å². The Morgan fingerprint density at radius 2 is 2.20 bits per heavy atom. The minimum Gasteiger partial charge on any atom is -0.383 e. The van der Waals surface area contributed by atoms with Crippen molar-refractivity contribution in [3.63, 3.8) is 0 Å². The van der Waals surface area contributed by atoms with Crippen molar-refractivity contribution in [3.05, 3.63) is 11.7 Å². The summed E-state index contributed by atoms with van der Waals surface area (Å²) in [7, 11) is 1.79. The lowest BCUT2D eigenvalue weighted by molar-refractivity contribution is 0.0212. The summed E-state index contributed by atoms with van der Waals surface area (Å²) in [4.78, 5) is 6.96. The van der Waals surface area contributed by atoms with E-state index in [-0.39, 0.29) is 5.54 Å². The summed E-state index contributed by atoms with van der Waals surface area (Å²) in [5.74, 6) is 1.57. The van der Waals surface area contributed by atoms with E-state index in [1.54, 1.807) is 7.11 Å². The molecule has 0 spiro atoms. The number of nitrogens with zero attached hydrogens (tertiary/aromatic N) is 3. The maximum Gasteiger partial charge on any atom is 0.240 e. The van der Waals surface area contributed by atoms with Crippen molar-refractivity contribution in [2.45, 2.75) is 64.5 Å². The third kappa shape index (κ3) is 3.38. The number of hydrogen-bond donors (Lipinski definition) is 0. The van der Waals surface area contributed by atoms with Gasteiger partial charge in [0.2, 0.25) is 5.89 Å². The van der Waals surface area contributed by atoms with Crippen molar-refractivity contribution in [2.24, 2.45) is 0 Å². The molecule has 0 radical (unpaired) electrons. The van der Waals surface area contributed by atoms with Crippen molar-refractivity contribution in [3.8, 4) is 0 Å². The van der Waals surface area contributed by atoms with Crippen LogP contribution in [0.2, 0.25) is 0 Å². The van der Waals surface area contributed by atoms with Gasteiger partial charge in [-0.3, -0.25) is 4.90 Å². The van der Waals surface area contributed by atoms with E-state index in [0.717, 1.165) is 50.7 Å². The summed E-state index contributed by atoms with van der Waals surface area (Å²) in [5, 5.41) is 4.04. The summed E-state index contributed by atoms with van der Waals surface area (Å²) in [6, 6.07) is 0. The number of rotatable bonds is 8. The molecule has 1 aliphatic rings. The third-order valence-corrected chi connectivity index (χ3v) is 4.18. The molecule has 1 fully saturated rings. The Bertz CT molecular complexity index is 400. The fourth-order valence-electron chi connectivity index (χ4n) is 3.34. The summed E-state index contributed by atoms with van der Waals surface area (Å²) < 4.78 is 10.9. The first-order valence-corrected chi connectivity index (χ1v) is 7.79. The third-order valence-electron chi connectivity index (χ3n) is 4.18. The largest absolute Gasteiger partial charge is 0.383 e. The van der Waals surface area contributed by atoms with Crippen molar-refractivity contribution in [1.29, 1.82) is 0 Å². The highest BCUT2D eigenvalue weighted by Crippen LogP contribution is 2.35. The molecule has 0 amide bonds. The van der Waals surface area contributed by atoms with Crippen LogP contribution in [0.4, 0.5) is 0 Å². The number of aryl methyl sites for hydroxylation is 1. The molecule has 1 aromatic heterocycles. The number of likely N-dealkylation sites (tertiary alicyclic amines) is 1. The lowest BCUT2D eigenvalue weighted by Crippen LogP contribution is -2.47. The monoisotopic (exact) mass is 281 g/mol. The number of ether oxygens (including phenoxy) is 1. The Kier molecular flexibility index (Phi) is 5.54. The van der Waals surface area contributed by atoms with Gasteiger partial charge in [0.25, 0.3) is 0 Å². The van der Waals surface area contributed by atoms with Gasteiger partial charge in [0.05, 0.1) is 13.2 Å². The highest BCUT2D eigenvalue weighted by atomic mass is 16.5. The Balaban J connectivity index is 2.05. The predicted molar refractivity (Wildman–Crippen MR) is 77.5 cm³/mol. The highest BCUT2D eigenvalue weighted by Gasteiger charge is 2.40. The zero-order chi connectivity index (χ0) is 14.4. The highest BCUT2D eigenvalue weighted by molar-refractivity contribution is 4.98. The molecule has 2 heterocycles. The van der Waals surface area contributed by atoms with E-state index in [1.807, 2.05) is 0 Å². The molecule has 1 aliphatic heterocycles. The fourth-order valence-corrected chi connectivity index (χ4v) is 3.34. The van der Waals surface area contributed by atoms with Gasteiger partial charge in [0.15, 0.2) is 5.82 Å². The molecule has 2 rings (SSSR count). The quantitative estimate of drug-likeness (QED) is 0.733. The van der Waals surface area contributed by atoms with Gasteiger partial charge < -0.3 is 9.26 Å². The molecular weight excluding hydrogens is 254 g/mol. The van der Waals surface area contributed by atoms with Crippen molar-refractivity contribution < 1.29 is 9.26 Å². The lowest BCUT2D eigenvalue weighted by Gasteiger charge is -2.37. The van der Waals surface area contributed by atoms with E-state index in [9.17, 15) is 0 Å². The lowest BCUT2D eigenvalue weighted by atomic mass is 9.91. The van der Waals surface area contributed by atoms with Gasteiger partial charge in [-0.25, -0.2) is 0 Å². The molecule has 1 aromatic rings. The molecule has 0 bridgehead atoms. The van der Waals surface area contributed by atoms with E-state index in [2.05, 4.69) is 28.9 Å². The molecule has 114 valence electrons. The maximum absolute atomic E-state index is 5.49. The molecule has 5 heteroatoms. The molecule has 0 aromatic carbocycles. The zero-order valence-electron chi connectivity index (χ0n) is 13.0. The van der Waals surface area contributed by atoms with E-state index < -0.39 is 0 Å². The average Bonchev–Trinajstić information content (AvgIpc) is 3.00.